The molecule has 4 N–H and O–H groups in total. The molecule has 2 aromatic carbocycles. The maximum atomic E-state index is 13.6. The molecule has 108 valence electrons. The zero-order valence-electron chi connectivity index (χ0n) is 10.6. The van der Waals surface area contributed by atoms with Gasteiger partial charge in [0.15, 0.2) is 0 Å². The maximum absolute atomic E-state index is 13.6. The molecule has 0 heterocycles. The van der Waals surface area contributed by atoms with Crippen LogP contribution in [0.15, 0.2) is 36.4 Å². The molecule has 0 saturated carbocycles. The topological polar surface area (TPSA) is 92.4 Å². The van der Waals surface area contributed by atoms with E-state index in [9.17, 15) is 14.0 Å². The highest BCUT2D eigenvalue weighted by molar-refractivity contribution is 6.34. The largest absolute Gasteiger partial charge is 0.478 e. The highest BCUT2D eigenvalue weighted by Gasteiger charge is 2.14. The second-order valence-corrected chi connectivity index (χ2v) is 4.60. The summed E-state index contributed by atoms with van der Waals surface area (Å²) in [5, 5.41) is 11.3. The molecule has 0 aromatic heterocycles. The number of nitrogens with two attached hydrogens (primary N) is 1. The van der Waals surface area contributed by atoms with E-state index >= 15 is 0 Å². The fourth-order valence-corrected chi connectivity index (χ4v) is 1.88. The van der Waals surface area contributed by atoms with Crippen LogP contribution in [0.4, 0.5) is 15.8 Å². The number of anilines is 2. The van der Waals surface area contributed by atoms with Crippen molar-refractivity contribution in [2.75, 3.05) is 11.1 Å². The minimum atomic E-state index is -1.14. The molecule has 0 bridgehead atoms. The van der Waals surface area contributed by atoms with Gasteiger partial charge >= 0.3 is 5.97 Å². The standard InChI is InChI=1S/C14H10ClFN2O3/c15-10-5-7(14(20)21)1-4-12(10)18-13(19)9-3-2-8(17)6-11(9)16/h1-6H,17H2,(H,18,19)(H,20,21). The summed E-state index contributed by atoms with van der Waals surface area (Å²) in [4.78, 5) is 22.7. The highest BCUT2D eigenvalue weighted by atomic mass is 35.5. The quantitative estimate of drug-likeness (QED) is 0.760. The van der Waals surface area contributed by atoms with E-state index in [-0.39, 0.29) is 27.5 Å². The summed E-state index contributed by atoms with van der Waals surface area (Å²) in [5.41, 5.74) is 5.58. The Bertz CT molecular complexity index is 734. The van der Waals surface area contributed by atoms with Gasteiger partial charge in [-0.25, -0.2) is 9.18 Å². The van der Waals surface area contributed by atoms with Gasteiger partial charge in [-0.3, -0.25) is 4.79 Å². The van der Waals surface area contributed by atoms with Gasteiger partial charge in [0.05, 0.1) is 21.8 Å². The molecule has 0 spiro atoms. The van der Waals surface area contributed by atoms with Crippen molar-refractivity contribution < 1.29 is 19.1 Å². The van der Waals surface area contributed by atoms with Crippen molar-refractivity contribution in [1.82, 2.24) is 0 Å². The minimum absolute atomic E-state index is 0.0170. The SMILES string of the molecule is Nc1ccc(C(=O)Nc2ccc(C(=O)O)cc2Cl)c(F)c1. The molecule has 21 heavy (non-hydrogen) atoms. The average Bonchev–Trinajstić information content (AvgIpc) is 2.40. The van der Waals surface area contributed by atoms with Crippen LogP contribution in [0.25, 0.3) is 0 Å². The number of nitrogen functional groups attached to an aromatic ring is 1. The molecule has 0 aliphatic heterocycles. The number of amides is 1. The predicted octanol–water partition coefficient (Wildman–Crippen LogP) is 3.01. The average molecular weight is 309 g/mol. The molecule has 0 unspecified atom stereocenters. The third-order valence-corrected chi connectivity index (χ3v) is 3.01. The second kappa shape index (κ2) is 5.80. The van der Waals surface area contributed by atoms with Crippen molar-refractivity contribution in [1.29, 1.82) is 0 Å². The number of benzene rings is 2. The van der Waals surface area contributed by atoms with E-state index in [1.54, 1.807) is 0 Å². The van der Waals surface area contributed by atoms with Gasteiger partial charge in [0.25, 0.3) is 5.91 Å². The van der Waals surface area contributed by atoms with E-state index in [1.807, 2.05) is 0 Å². The summed E-state index contributed by atoms with van der Waals surface area (Å²) in [6.07, 6.45) is 0. The number of hydrogen-bond donors (Lipinski definition) is 3. The third kappa shape index (κ3) is 3.29. The van der Waals surface area contributed by atoms with Gasteiger partial charge in [-0.2, -0.15) is 0 Å². The molecule has 0 radical (unpaired) electrons. The van der Waals surface area contributed by atoms with Crippen LogP contribution in [0.5, 0.6) is 0 Å². The number of carboxylic acids is 1. The van der Waals surface area contributed by atoms with Crippen LogP contribution in [0.1, 0.15) is 20.7 Å². The van der Waals surface area contributed by atoms with Crippen molar-refractivity contribution in [2.24, 2.45) is 0 Å². The summed E-state index contributed by atoms with van der Waals surface area (Å²) >= 11 is 5.88. The summed E-state index contributed by atoms with van der Waals surface area (Å²) in [7, 11) is 0. The van der Waals surface area contributed by atoms with E-state index in [1.165, 1.54) is 30.3 Å². The zero-order valence-corrected chi connectivity index (χ0v) is 11.3. The molecule has 0 atom stereocenters. The van der Waals surface area contributed by atoms with E-state index in [4.69, 9.17) is 22.4 Å². The molecule has 2 rings (SSSR count). The molecule has 7 heteroatoms. The lowest BCUT2D eigenvalue weighted by molar-refractivity contribution is 0.0696. The lowest BCUT2D eigenvalue weighted by Gasteiger charge is -2.09. The Hall–Kier alpha value is -2.60. The number of carboxylic acid groups (broad SMARTS) is 1. The van der Waals surface area contributed by atoms with Gasteiger partial charge in [0.1, 0.15) is 5.82 Å². The zero-order chi connectivity index (χ0) is 15.6. The van der Waals surface area contributed by atoms with Crippen LogP contribution in [0, 0.1) is 5.82 Å². The maximum Gasteiger partial charge on any atom is 0.335 e. The first kappa shape index (κ1) is 14.8. The molecule has 5 nitrogen and oxygen atoms in total. The molecular weight excluding hydrogens is 299 g/mol. The highest BCUT2D eigenvalue weighted by Crippen LogP contribution is 2.24. The monoisotopic (exact) mass is 308 g/mol. The lowest BCUT2D eigenvalue weighted by Crippen LogP contribution is -2.14. The second-order valence-electron chi connectivity index (χ2n) is 4.19. The number of halogens is 2. The molecule has 1 amide bonds. The molecule has 0 saturated heterocycles. The van der Waals surface area contributed by atoms with Gasteiger partial charge in [-0.15, -0.1) is 0 Å². The Morgan fingerprint density at radius 1 is 1.19 bits per heavy atom. The summed E-state index contributed by atoms with van der Waals surface area (Å²) in [6, 6.07) is 7.48. The van der Waals surface area contributed by atoms with Crippen molar-refractivity contribution in [3.05, 3.63) is 58.4 Å². The van der Waals surface area contributed by atoms with Crippen LogP contribution in [0.3, 0.4) is 0 Å². The first-order valence-electron chi connectivity index (χ1n) is 5.77. The molecular formula is C14H10ClFN2O3. The van der Waals surface area contributed by atoms with Gasteiger partial charge in [0, 0.05) is 5.69 Å². The fraction of sp³-hybridized carbons (Fsp3) is 0. The van der Waals surface area contributed by atoms with Crippen molar-refractivity contribution in [3.8, 4) is 0 Å². The van der Waals surface area contributed by atoms with E-state index in [0.29, 0.717) is 0 Å². The predicted molar refractivity (Wildman–Crippen MR) is 77.2 cm³/mol. The van der Waals surface area contributed by atoms with Gasteiger partial charge in [0.2, 0.25) is 0 Å². The van der Waals surface area contributed by atoms with Crippen molar-refractivity contribution in [2.45, 2.75) is 0 Å². The van der Waals surface area contributed by atoms with Crippen LogP contribution >= 0.6 is 11.6 Å². The van der Waals surface area contributed by atoms with Crippen LogP contribution < -0.4 is 11.1 Å². The van der Waals surface area contributed by atoms with E-state index in [0.717, 1.165) is 6.07 Å². The van der Waals surface area contributed by atoms with E-state index < -0.39 is 17.7 Å². The molecule has 2 aromatic rings. The Morgan fingerprint density at radius 2 is 1.90 bits per heavy atom. The molecule has 0 aliphatic carbocycles. The number of carbonyl (C=O) groups excluding carboxylic acids is 1. The first-order valence-corrected chi connectivity index (χ1v) is 6.15. The van der Waals surface area contributed by atoms with Crippen molar-refractivity contribution in [3.63, 3.8) is 0 Å². The van der Waals surface area contributed by atoms with Crippen molar-refractivity contribution >= 4 is 34.9 Å². The smallest absolute Gasteiger partial charge is 0.335 e. The number of hydrogen-bond acceptors (Lipinski definition) is 3. The normalized spacial score (nSPS) is 10.2. The third-order valence-electron chi connectivity index (χ3n) is 2.70. The summed E-state index contributed by atoms with van der Waals surface area (Å²) < 4.78 is 13.6. The van der Waals surface area contributed by atoms with Gasteiger partial charge < -0.3 is 16.2 Å². The van der Waals surface area contributed by atoms with Gasteiger partial charge in [-0.05, 0) is 36.4 Å². The minimum Gasteiger partial charge on any atom is -0.478 e. The number of rotatable bonds is 3. The van der Waals surface area contributed by atoms with Crippen LogP contribution in [-0.4, -0.2) is 17.0 Å². The Kier molecular flexibility index (Phi) is 4.09. The van der Waals surface area contributed by atoms with Gasteiger partial charge in [-0.1, -0.05) is 11.6 Å². The number of carbonyl (C=O) groups is 2. The van der Waals surface area contributed by atoms with Crippen LogP contribution in [-0.2, 0) is 0 Å². The lowest BCUT2D eigenvalue weighted by atomic mass is 10.1. The number of aromatic carboxylic acids is 1. The fourth-order valence-electron chi connectivity index (χ4n) is 1.65. The summed E-state index contributed by atoms with van der Waals surface area (Å²) in [6.45, 7) is 0. The van der Waals surface area contributed by atoms with Crippen LogP contribution in [0.2, 0.25) is 5.02 Å². The Balaban J connectivity index is 2.25. The molecule has 0 fully saturated rings. The van der Waals surface area contributed by atoms with E-state index in [2.05, 4.69) is 5.32 Å². The Morgan fingerprint density at radius 3 is 2.48 bits per heavy atom. The Labute approximate surface area is 124 Å². The first-order chi connectivity index (χ1) is 9.88. The number of nitrogens with one attached hydrogen (secondary N) is 1. The molecule has 0 aliphatic rings. The summed E-state index contributed by atoms with van der Waals surface area (Å²) in [5.74, 6) is -2.61.